The quantitative estimate of drug-likeness (QED) is 0.910. The van der Waals surface area contributed by atoms with E-state index in [0.717, 1.165) is 23.5 Å². The minimum absolute atomic E-state index is 0.224. The lowest BCUT2D eigenvalue weighted by Gasteiger charge is -2.17. The molecule has 0 fully saturated rings. The molecule has 0 saturated carbocycles. The number of halogens is 3. The number of thiophene rings is 1. The summed E-state index contributed by atoms with van der Waals surface area (Å²) in [4.78, 5) is 12.2. The fraction of sp³-hybridized carbons (Fsp3) is 0.154. The van der Waals surface area contributed by atoms with Crippen molar-refractivity contribution in [1.29, 1.82) is 0 Å². The van der Waals surface area contributed by atoms with Crippen LogP contribution in [-0.2, 0) is 0 Å². The van der Waals surface area contributed by atoms with E-state index >= 15 is 0 Å². The molecule has 3 nitrogen and oxygen atoms in total. The van der Waals surface area contributed by atoms with Crippen molar-refractivity contribution >= 4 is 28.8 Å². The standard InChI is InChI=1S/C13H10ClF2NO2S/c14-7-4-5-20-12(7)13(19)17-10(6-18)11-8(15)2-1-3-9(11)16/h1-5,10,18H,6H2,(H,17,19)/t10-/m1/s1. The molecule has 2 rings (SSSR count). The first-order valence-corrected chi connectivity index (χ1v) is 6.89. The van der Waals surface area contributed by atoms with Crippen LogP contribution in [0.2, 0.25) is 5.02 Å². The summed E-state index contributed by atoms with van der Waals surface area (Å²) in [6.07, 6.45) is 0. The second-order valence-corrected chi connectivity index (χ2v) is 5.26. The fourth-order valence-corrected chi connectivity index (χ4v) is 2.78. The fourth-order valence-electron chi connectivity index (χ4n) is 1.73. The van der Waals surface area contributed by atoms with Crippen molar-refractivity contribution in [3.8, 4) is 0 Å². The van der Waals surface area contributed by atoms with Crippen LogP contribution < -0.4 is 5.32 Å². The van der Waals surface area contributed by atoms with Gasteiger partial charge in [0.2, 0.25) is 0 Å². The average Bonchev–Trinajstić information content (AvgIpc) is 2.83. The Hall–Kier alpha value is -1.50. The van der Waals surface area contributed by atoms with Gasteiger partial charge in [-0.05, 0) is 23.6 Å². The molecule has 20 heavy (non-hydrogen) atoms. The molecule has 1 heterocycles. The average molecular weight is 318 g/mol. The van der Waals surface area contributed by atoms with Crippen LogP contribution in [0.3, 0.4) is 0 Å². The highest BCUT2D eigenvalue weighted by atomic mass is 35.5. The van der Waals surface area contributed by atoms with Crippen molar-refractivity contribution in [3.05, 3.63) is 56.7 Å². The van der Waals surface area contributed by atoms with Crippen LogP contribution >= 0.6 is 22.9 Å². The maximum Gasteiger partial charge on any atom is 0.263 e. The lowest BCUT2D eigenvalue weighted by molar-refractivity contribution is 0.0918. The zero-order valence-electron chi connectivity index (χ0n) is 10.1. The van der Waals surface area contributed by atoms with Gasteiger partial charge in [-0.2, -0.15) is 0 Å². The summed E-state index contributed by atoms with van der Waals surface area (Å²) >= 11 is 6.91. The van der Waals surface area contributed by atoms with Crippen LogP contribution in [0.25, 0.3) is 0 Å². The first kappa shape index (κ1) is 14.9. The molecule has 1 atom stereocenters. The Balaban J connectivity index is 2.26. The Morgan fingerprint density at radius 1 is 1.35 bits per heavy atom. The van der Waals surface area contributed by atoms with E-state index in [1.807, 2.05) is 0 Å². The minimum Gasteiger partial charge on any atom is -0.394 e. The van der Waals surface area contributed by atoms with Crippen molar-refractivity contribution in [1.82, 2.24) is 5.32 Å². The molecule has 1 aromatic carbocycles. The Morgan fingerprint density at radius 3 is 2.50 bits per heavy atom. The molecule has 0 aliphatic carbocycles. The maximum absolute atomic E-state index is 13.6. The van der Waals surface area contributed by atoms with Crippen molar-refractivity contribution in [2.45, 2.75) is 6.04 Å². The van der Waals surface area contributed by atoms with E-state index in [0.29, 0.717) is 0 Å². The first-order chi connectivity index (χ1) is 9.54. The van der Waals surface area contributed by atoms with E-state index < -0.39 is 30.2 Å². The highest BCUT2D eigenvalue weighted by Crippen LogP contribution is 2.24. The van der Waals surface area contributed by atoms with Gasteiger partial charge in [-0.15, -0.1) is 11.3 Å². The number of aliphatic hydroxyl groups excluding tert-OH is 1. The van der Waals surface area contributed by atoms with Gasteiger partial charge in [0.1, 0.15) is 16.5 Å². The van der Waals surface area contributed by atoms with E-state index in [4.69, 9.17) is 11.6 Å². The molecule has 0 saturated heterocycles. The third-order valence-electron chi connectivity index (χ3n) is 2.66. The summed E-state index contributed by atoms with van der Waals surface area (Å²) in [5, 5.41) is 13.5. The van der Waals surface area contributed by atoms with E-state index in [9.17, 15) is 18.7 Å². The molecule has 0 radical (unpaired) electrons. The topological polar surface area (TPSA) is 49.3 Å². The largest absolute Gasteiger partial charge is 0.394 e. The van der Waals surface area contributed by atoms with E-state index in [-0.39, 0.29) is 15.5 Å². The van der Waals surface area contributed by atoms with Gasteiger partial charge < -0.3 is 10.4 Å². The molecule has 0 aliphatic heterocycles. The van der Waals surface area contributed by atoms with Gasteiger partial charge in [0.05, 0.1) is 17.7 Å². The smallest absolute Gasteiger partial charge is 0.263 e. The Morgan fingerprint density at radius 2 is 2.00 bits per heavy atom. The highest BCUT2D eigenvalue weighted by molar-refractivity contribution is 7.12. The predicted octanol–water partition coefficient (Wildman–Crippen LogP) is 3.14. The normalized spacial score (nSPS) is 12.2. The van der Waals surface area contributed by atoms with Gasteiger partial charge in [0.25, 0.3) is 5.91 Å². The van der Waals surface area contributed by atoms with Crippen LogP contribution in [0.5, 0.6) is 0 Å². The summed E-state index contributed by atoms with van der Waals surface area (Å²) in [5.41, 5.74) is -0.379. The zero-order chi connectivity index (χ0) is 14.7. The van der Waals surface area contributed by atoms with Crippen molar-refractivity contribution in [2.24, 2.45) is 0 Å². The summed E-state index contributed by atoms with van der Waals surface area (Å²) in [6, 6.07) is 3.69. The molecule has 0 unspecified atom stereocenters. The molecule has 2 N–H and O–H groups in total. The molecular weight excluding hydrogens is 308 g/mol. The third kappa shape index (κ3) is 2.98. The Kier molecular flexibility index (Phi) is 4.69. The number of carbonyl (C=O) groups is 1. The molecule has 2 aromatic rings. The van der Waals surface area contributed by atoms with E-state index in [1.165, 1.54) is 6.07 Å². The highest BCUT2D eigenvalue weighted by Gasteiger charge is 2.23. The number of aliphatic hydroxyl groups is 1. The van der Waals surface area contributed by atoms with Crippen molar-refractivity contribution in [3.63, 3.8) is 0 Å². The van der Waals surface area contributed by atoms with Crippen molar-refractivity contribution < 1.29 is 18.7 Å². The number of hydrogen-bond acceptors (Lipinski definition) is 3. The summed E-state index contributed by atoms with van der Waals surface area (Å²) in [5.74, 6) is -2.25. The predicted molar refractivity (Wildman–Crippen MR) is 73.0 cm³/mol. The number of rotatable bonds is 4. The Bertz CT molecular complexity index is 612. The molecule has 106 valence electrons. The van der Waals surface area contributed by atoms with Crippen molar-refractivity contribution in [2.75, 3.05) is 6.61 Å². The van der Waals surface area contributed by atoms with Crippen LogP contribution in [0.1, 0.15) is 21.3 Å². The first-order valence-electron chi connectivity index (χ1n) is 5.63. The molecule has 0 aliphatic rings. The number of benzene rings is 1. The number of nitrogens with one attached hydrogen (secondary N) is 1. The van der Waals surface area contributed by atoms with E-state index in [1.54, 1.807) is 11.4 Å². The maximum atomic E-state index is 13.6. The number of hydrogen-bond donors (Lipinski definition) is 2. The van der Waals surface area contributed by atoms with Crippen LogP contribution in [-0.4, -0.2) is 17.6 Å². The van der Waals surface area contributed by atoms with Gasteiger partial charge in [-0.1, -0.05) is 17.7 Å². The molecule has 7 heteroatoms. The van der Waals surface area contributed by atoms with Crippen LogP contribution in [0.15, 0.2) is 29.6 Å². The second kappa shape index (κ2) is 6.30. The monoisotopic (exact) mass is 317 g/mol. The molecule has 1 aromatic heterocycles. The number of carbonyl (C=O) groups excluding carboxylic acids is 1. The number of amides is 1. The molecule has 0 spiro atoms. The minimum atomic E-state index is -1.18. The zero-order valence-corrected chi connectivity index (χ0v) is 11.6. The SMILES string of the molecule is O=C(N[C@H](CO)c1c(F)cccc1F)c1sccc1Cl. The molecular formula is C13H10ClF2NO2S. The molecule has 1 amide bonds. The van der Waals surface area contributed by atoms with Gasteiger partial charge in [0, 0.05) is 5.56 Å². The summed E-state index contributed by atoms with van der Waals surface area (Å²) in [7, 11) is 0. The van der Waals surface area contributed by atoms with Crippen LogP contribution in [0.4, 0.5) is 8.78 Å². The summed E-state index contributed by atoms with van der Waals surface area (Å²) < 4.78 is 27.3. The Labute approximate surface area is 122 Å². The van der Waals surface area contributed by atoms with Gasteiger partial charge in [-0.3, -0.25) is 4.79 Å². The second-order valence-electron chi connectivity index (χ2n) is 3.94. The van der Waals surface area contributed by atoms with Gasteiger partial charge >= 0.3 is 0 Å². The van der Waals surface area contributed by atoms with Gasteiger partial charge in [-0.25, -0.2) is 8.78 Å². The third-order valence-corrected chi connectivity index (χ3v) is 4.00. The lowest BCUT2D eigenvalue weighted by atomic mass is 10.1. The van der Waals surface area contributed by atoms with Gasteiger partial charge in [0.15, 0.2) is 0 Å². The summed E-state index contributed by atoms with van der Waals surface area (Å²) in [6.45, 7) is -0.632. The van der Waals surface area contributed by atoms with E-state index in [2.05, 4.69) is 5.32 Å². The molecule has 0 bridgehead atoms. The van der Waals surface area contributed by atoms with Crippen LogP contribution in [0, 0.1) is 11.6 Å². The lowest BCUT2D eigenvalue weighted by Crippen LogP contribution is -2.31.